The molecule has 0 saturated carbocycles. The van der Waals surface area contributed by atoms with Gasteiger partial charge in [-0.3, -0.25) is 5.10 Å². The van der Waals surface area contributed by atoms with Crippen LogP contribution < -0.4 is 5.73 Å². The van der Waals surface area contributed by atoms with Crippen molar-refractivity contribution in [3.63, 3.8) is 0 Å². The van der Waals surface area contributed by atoms with Gasteiger partial charge in [0, 0.05) is 16.3 Å². The lowest BCUT2D eigenvalue weighted by atomic mass is 10.2. The van der Waals surface area contributed by atoms with Gasteiger partial charge in [0.2, 0.25) is 5.82 Å². The number of aromatic amines is 1. The van der Waals surface area contributed by atoms with Gasteiger partial charge >= 0.3 is 0 Å². The molecule has 0 spiro atoms. The molecule has 0 radical (unpaired) electrons. The van der Waals surface area contributed by atoms with Crippen LogP contribution in [-0.4, -0.2) is 25.3 Å². The fourth-order valence-electron chi connectivity index (χ4n) is 1.49. The van der Waals surface area contributed by atoms with Crippen LogP contribution in [0.15, 0.2) is 29.0 Å². The number of rotatable bonds is 2. The van der Waals surface area contributed by atoms with E-state index in [1.807, 2.05) is 0 Å². The number of hydrogen-bond acceptors (Lipinski definition) is 6. The Morgan fingerprint density at radius 2 is 2.17 bits per heavy atom. The van der Waals surface area contributed by atoms with Gasteiger partial charge in [0.25, 0.3) is 5.89 Å². The quantitative estimate of drug-likeness (QED) is 0.682. The van der Waals surface area contributed by atoms with Gasteiger partial charge in [-0.15, -0.1) is 0 Å². The van der Waals surface area contributed by atoms with Gasteiger partial charge in [-0.1, -0.05) is 16.8 Å². The van der Waals surface area contributed by atoms with E-state index in [4.69, 9.17) is 21.9 Å². The zero-order valence-electron chi connectivity index (χ0n) is 8.96. The topological polar surface area (TPSA) is 107 Å². The molecule has 1 aromatic carbocycles. The number of benzene rings is 1. The number of anilines is 1. The molecule has 2 heterocycles. The molecular formula is C10H7ClN6O. The molecule has 0 saturated heterocycles. The summed E-state index contributed by atoms with van der Waals surface area (Å²) in [5.41, 5.74) is 6.87. The molecular weight excluding hydrogens is 256 g/mol. The van der Waals surface area contributed by atoms with E-state index in [-0.39, 0.29) is 0 Å². The molecule has 18 heavy (non-hydrogen) atoms. The van der Waals surface area contributed by atoms with E-state index in [2.05, 4.69) is 25.3 Å². The van der Waals surface area contributed by atoms with Gasteiger partial charge in [-0.25, -0.2) is 4.98 Å². The van der Waals surface area contributed by atoms with Crippen molar-refractivity contribution in [1.82, 2.24) is 25.3 Å². The molecule has 90 valence electrons. The van der Waals surface area contributed by atoms with Crippen LogP contribution in [0.25, 0.3) is 23.1 Å². The normalized spacial score (nSPS) is 10.7. The predicted octanol–water partition coefficient (Wildman–Crippen LogP) is 1.76. The van der Waals surface area contributed by atoms with Crippen molar-refractivity contribution < 1.29 is 4.52 Å². The Bertz CT molecular complexity index is 657. The molecule has 0 aliphatic carbocycles. The highest BCUT2D eigenvalue weighted by molar-refractivity contribution is 6.31. The molecule has 0 atom stereocenters. The second kappa shape index (κ2) is 4.11. The van der Waals surface area contributed by atoms with Crippen LogP contribution in [0.1, 0.15) is 0 Å². The predicted molar refractivity (Wildman–Crippen MR) is 64.5 cm³/mol. The first kappa shape index (κ1) is 10.7. The van der Waals surface area contributed by atoms with E-state index < -0.39 is 0 Å². The van der Waals surface area contributed by atoms with Crippen LogP contribution in [0, 0.1) is 0 Å². The summed E-state index contributed by atoms with van der Waals surface area (Å²) < 4.78 is 5.12. The monoisotopic (exact) mass is 262 g/mol. The number of halogens is 1. The Morgan fingerprint density at radius 1 is 1.28 bits per heavy atom. The molecule has 0 fully saturated rings. The molecule has 0 bridgehead atoms. The van der Waals surface area contributed by atoms with Crippen molar-refractivity contribution >= 4 is 17.3 Å². The number of H-pyrrole nitrogens is 1. The van der Waals surface area contributed by atoms with E-state index in [0.29, 0.717) is 33.8 Å². The van der Waals surface area contributed by atoms with Gasteiger partial charge in [0.15, 0.2) is 5.82 Å². The molecule has 8 heteroatoms. The summed E-state index contributed by atoms with van der Waals surface area (Å²) in [6.45, 7) is 0. The Kier molecular flexibility index (Phi) is 2.45. The molecule has 3 aromatic rings. The molecule has 0 aliphatic rings. The lowest BCUT2D eigenvalue weighted by Crippen LogP contribution is -1.87. The number of nitrogens with zero attached hydrogens (tertiary/aromatic N) is 4. The van der Waals surface area contributed by atoms with Gasteiger partial charge in [-0.2, -0.15) is 10.1 Å². The fourth-order valence-corrected chi connectivity index (χ4v) is 1.73. The fraction of sp³-hybridized carbons (Fsp3) is 0. The van der Waals surface area contributed by atoms with E-state index in [0.717, 1.165) is 0 Å². The van der Waals surface area contributed by atoms with Crippen LogP contribution in [0.3, 0.4) is 0 Å². The highest BCUT2D eigenvalue weighted by Crippen LogP contribution is 2.25. The third-order valence-corrected chi connectivity index (χ3v) is 2.44. The van der Waals surface area contributed by atoms with Crippen LogP contribution in [0.5, 0.6) is 0 Å². The number of nitrogens with two attached hydrogens (primary N) is 1. The van der Waals surface area contributed by atoms with Crippen molar-refractivity contribution in [2.24, 2.45) is 0 Å². The van der Waals surface area contributed by atoms with Gasteiger partial charge in [-0.05, 0) is 18.2 Å². The Hall–Kier alpha value is -2.41. The summed E-state index contributed by atoms with van der Waals surface area (Å²) >= 11 is 5.91. The number of nitrogens with one attached hydrogen (secondary N) is 1. The highest BCUT2D eigenvalue weighted by atomic mass is 35.5. The maximum atomic E-state index is 5.91. The van der Waals surface area contributed by atoms with Crippen molar-refractivity contribution in [1.29, 1.82) is 0 Å². The maximum absolute atomic E-state index is 5.91. The van der Waals surface area contributed by atoms with E-state index >= 15 is 0 Å². The number of hydrogen-bond donors (Lipinski definition) is 2. The van der Waals surface area contributed by atoms with E-state index in [9.17, 15) is 0 Å². The molecule has 0 amide bonds. The average molecular weight is 263 g/mol. The van der Waals surface area contributed by atoms with Crippen molar-refractivity contribution in [3.05, 3.63) is 29.5 Å². The largest absolute Gasteiger partial charge is 0.399 e. The summed E-state index contributed by atoms with van der Waals surface area (Å²) in [6, 6.07) is 5.03. The highest BCUT2D eigenvalue weighted by Gasteiger charge is 2.13. The van der Waals surface area contributed by atoms with Crippen LogP contribution in [0.4, 0.5) is 5.69 Å². The first-order valence-electron chi connectivity index (χ1n) is 4.98. The summed E-state index contributed by atoms with van der Waals surface area (Å²) in [7, 11) is 0. The van der Waals surface area contributed by atoms with Crippen LogP contribution in [-0.2, 0) is 0 Å². The second-order valence-electron chi connectivity index (χ2n) is 3.53. The van der Waals surface area contributed by atoms with E-state index in [1.165, 1.54) is 6.33 Å². The molecule has 7 nitrogen and oxygen atoms in total. The number of aromatic nitrogens is 5. The van der Waals surface area contributed by atoms with Gasteiger partial charge in [0.1, 0.15) is 6.33 Å². The minimum absolute atomic E-state index is 0.315. The van der Waals surface area contributed by atoms with E-state index in [1.54, 1.807) is 18.2 Å². The van der Waals surface area contributed by atoms with Crippen molar-refractivity contribution in [3.8, 4) is 23.1 Å². The Morgan fingerprint density at radius 3 is 2.89 bits per heavy atom. The van der Waals surface area contributed by atoms with Crippen LogP contribution in [0.2, 0.25) is 5.02 Å². The summed E-state index contributed by atoms with van der Waals surface area (Å²) in [5.74, 6) is 1.07. The lowest BCUT2D eigenvalue weighted by molar-refractivity contribution is 0.432. The van der Waals surface area contributed by atoms with Crippen LogP contribution >= 0.6 is 11.6 Å². The maximum Gasteiger partial charge on any atom is 0.258 e. The molecule has 0 unspecified atom stereocenters. The summed E-state index contributed by atoms with van der Waals surface area (Å²) in [6.07, 6.45) is 1.36. The third-order valence-electron chi connectivity index (χ3n) is 2.22. The minimum Gasteiger partial charge on any atom is -0.399 e. The Labute approximate surface area is 106 Å². The first-order valence-corrected chi connectivity index (χ1v) is 5.36. The minimum atomic E-state index is 0.315. The Balaban J connectivity index is 2.03. The number of nitrogen functional groups attached to an aromatic ring is 1. The van der Waals surface area contributed by atoms with Crippen molar-refractivity contribution in [2.75, 3.05) is 5.73 Å². The zero-order chi connectivity index (χ0) is 12.5. The molecule has 2 aromatic heterocycles. The standard InChI is InChI=1S/C10H7ClN6O/c11-6-1-5(2-7(12)3-6)10-15-9(17-18-10)8-13-4-14-16-8/h1-4H,12H2,(H,13,14,16). The third kappa shape index (κ3) is 1.91. The van der Waals surface area contributed by atoms with Crippen molar-refractivity contribution in [2.45, 2.75) is 0 Å². The molecule has 3 rings (SSSR count). The average Bonchev–Trinajstić information content (AvgIpc) is 2.99. The molecule has 0 aliphatic heterocycles. The lowest BCUT2D eigenvalue weighted by Gasteiger charge is -1.98. The first-order chi connectivity index (χ1) is 8.72. The second-order valence-corrected chi connectivity index (χ2v) is 3.97. The zero-order valence-corrected chi connectivity index (χ0v) is 9.72. The molecule has 3 N–H and O–H groups in total. The summed E-state index contributed by atoms with van der Waals surface area (Å²) in [4.78, 5) is 8.11. The van der Waals surface area contributed by atoms with Gasteiger partial charge < -0.3 is 10.3 Å². The van der Waals surface area contributed by atoms with Gasteiger partial charge in [0.05, 0.1) is 0 Å². The SMILES string of the molecule is Nc1cc(Cl)cc(-c2nc(-c3ncn[nH]3)no2)c1. The summed E-state index contributed by atoms with van der Waals surface area (Å²) in [5, 5.41) is 10.6. The smallest absolute Gasteiger partial charge is 0.258 e.